The van der Waals surface area contributed by atoms with Crippen molar-refractivity contribution < 1.29 is 19.4 Å². The van der Waals surface area contributed by atoms with Crippen LogP contribution in [0.15, 0.2) is 24.3 Å². The summed E-state index contributed by atoms with van der Waals surface area (Å²) >= 11 is 0. The smallest absolute Gasteiger partial charge is 0.338 e. The van der Waals surface area contributed by atoms with Crippen LogP contribution >= 0.6 is 0 Å². The van der Waals surface area contributed by atoms with Gasteiger partial charge in [-0.3, -0.25) is 0 Å². The molecule has 1 aromatic carbocycles. The number of unbranched alkanes of at least 4 members (excludes halogenated alkanes) is 24. The number of hydrogen-bond acceptors (Lipinski definition) is 4. The van der Waals surface area contributed by atoms with E-state index in [1.807, 2.05) is 6.92 Å². The molecule has 0 heterocycles. The number of esters is 1. The van der Waals surface area contributed by atoms with Gasteiger partial charge in [0.1, 0.15) is 5.75 Å². The Kier molecular flexibility index (Phi) is 41.4. The molecule has 4 heteroatoms. The minimum Gasteiger partial charge on any atom is -0.508 e. The van der Waals surface area contributed by atoms with E-state index in [2.05, 4.69) is 27.7 Å². The number of benzene rings is 1. The Bertz CT molecular complexity index is 828. The SMILES string of the molecule is CCCCCCCCCCC(CCCCCCCC)COCC(CCCCCCCC)CCCCCCCCCC.CCCOC(=O)c1ccc(O)cc1. The highest BCUT2D eigenvalue weighted by atomic mass is 16.5. The van der Waals surface area contributed by atoms with Gasteiger partial charge in [0.2, 0.25) is 0 Å². The van der Waals surface area contributed by atoms with Crippen LogP contribution < -0.4 is 0 Å². The highest BCUT2D eigenvalue weighted by Crippen LogP contribution is 2.23. The number of aromatic hydroxyl groups is 1. The number of hydrogen-bond donors (Lipinski definition) is 1. The molecule has 0 aliphatic rings. The van der Waals surface area contributed by atoms with Crippen LogP contribution in [-0.2, 0) is 9.47 Å². The van der Waals surface area contributed by atoms with Crippen LogP contribution in [0, 0.1) is 11.8 Å². The van der Waals surface area contributed by atoms with E-state index in [0.717, 1.165) is 31.5 Å². The van der Waals surface area contributed by atoms with Gasteiger partial charge >= 0.3 is 5.97 Å². The Morgan fingerprint density at radius 2 is 0.741 bits per heavy atom. The van der Waals surface area contributed by atoms with E-state index >= 15 is 0 Å². The summed E-state index contributed by atoms with van der Waals surface area (Å²) in [4.78, 5) is 11.2. The van der Waals surface area contributed by atoms with Crippen molar-refractivity contribution in [2.75, 3.05) is 19.8 Å². The summed E-state index contributed by atoms with van der Waals surface area (Å²) in [5, 5.41) is 8.96. The number of phenolic OH excluding ortho intramolecular Hbond substituents is 1. The van der Waals surface area contributed by atoms with E-state index in [-0.39, 0.29) is 11.7 Å². The van der Waals surface area contributed by atoms with Crippen LogP contribution in [0.2, 0.25) is 0 Å². The summed E-state index contributed by atoms with van der Waals surface area (Å²) in [6.45, 7) is 13.7. The van der Waals surface area contributed by atoms with Gasteiger partial charge in [-0.2, -0.15) is 0 Å². The average Bonchev–Trinajstić information content (AvgIpc) is 3.18. The van der Waals surface area contributed by atoms with Crippen LogP contribution in [0.5, 0.6) is 5.75 Å². The molecular weight excluding hydrogens is 665 g/mol. The summed E-state index contributed by atoms with van der Waals surface area (Å²) in [5.74, 6) is 1.41. The number of carbonyl (C=O) groups excluding carboxylic acids is 1. The van der Waals surface area contributed by atoms with Gasteiger partial charge in [-0.15, -0.1) is 0 Å². The maximum Gasteiger partial charge on any atom is 0.338 e. The molecule has 1 rings (SSSR count). The van der Waals surface area contributed by atoms with Crippen molar-refractivity contribution in [3.63, 3.8) is 0 Å². The zero-order valence-electron chi connectivity index (χ0n) is 37.1. The zero-order chi connectivity index (χ0) is 39.6. The van der Waals surface area contributed by atoms with E-state index in [9.17, 15) is 4.79 Å². The minimum atomic E-state index is -0.346. The standard InChI is InChI=1S/C40H82O.C10H12O3/c1-5-9-13-17-21-23-27-31-35-39(33-29-25-19-15-11-7-3)37-41-38-40(34-30-26-20-16-12-8-4)36-32-28-24-22-18-14-10-6-2;1-2-7-13-10(12)8-3-5-9(11)6-4-8/h39-40H,5-38H2,1-4H3;3-6,11H,2,7H2,1H3. The van der Waals surface area contributed by atoms with Crippen molar-refractivity contribution in [3.8, 4) is 5.75 Å². The molecule has 318 valence electrons. The molecule has 0 aliphatic carbocycles. The summed E-state index contributed by atoms with van der Waals surface area (Å²) in [6.07, 6.45) is 46.4. The van der Waals surface area contributed by atoms with E-state index in [1.165, 1.54) is 230 Å². The fraction of sp³-hybridized carbons (Fsp3) is 0.860. The second kappa shape index (κ2) is 42.6. The van der Waals surface area contributed by atoms with Gasteiger partial charge in [-0.05, 0) is 68.2 Å². The van der Waals surface area contributed by atoms with Gasteiger partial charge in [0.25, 0.3) is 0 Å². The predicted octanol–water partition coefficient (Wildman–Crippen LogP) is 16.8. The van der Waals surface area contributed by atoms with Crippen LogP contribution in [0.4, 0.5) is 0 Å². The summed E-state index contributed by atoms with van der Waals surface area (Å²) in [7, 11) is 0. The van der Waals surface area contributed by atoms with Gasteiger partial charge < -0.3 is 14.6 Å². The van der Waals surface area contributed by atoms with Crippen molar-refractivity contribution in [2.45, 2.75) is 247 Å². The summed E-state index contributed by atoms with van der Waals surface area (Å²) < 4.78 is 11.5. The summed E-state index contributed by atoms with van der Waals surface area (Å²) in [5.41, 5.74) is 0.464. The average molecular weight is 759 g/mol. The first-order valence-corrected chi connectivity index (χ1v) is 24.1. The Labute approximate surface area is 338 Å². The van der Waals surface area contributed by atoms with Gasteiger partial charge in [0, 0.05) is 13.2 Å². The highest BCUT2D eigenvalue weighted by molar-refractivity contribution is 5.89. The van der Waals surface area contributed by atoms with Crippen LogP contribution in [0.25, 0.3) is 0 Å². The monoisotopic (exact) mass is 759 g/mol. The van der Waals surface area contributed by atoms with Crippen molar-refractivity contribution in [2.24, 2.45) is 11.8 Å². The lowest BCUT2D eigenvalue weighted by Gasteiger charge is -2.21. The molecule has 0 saturated heterocycles. The maximum atomic E-state index is 11.2. The molecule has 0 aromatic heterocycles. The molecule has 4 nitrogen and oxygen atoms in total. The van der Waals surface area contributed by atoms with E-state index in [0.29, 0.717) is 12.2 Å². The molecular formula is C50H94O4. The second-order valence-electron chi connectivity index (χ2n) is 16.6. The molecule has 1 N–H and O–H groups in total. The molecule has 0 amide bonds. The van der Waals surface area contributed by atoms with E-state index in [1.54, 1.807) is 0 Å². The van der Waals surface area contributed by atoms with E-state index in [4.69, 9.17) is 14.6 Å². The van der Waals surface area contributed by atoms with Crippen molar-refractivity contribution in [1.29, 1.82) is 0 Å². The number of carbonyl (C=O) groups is 1. The number of phenols is 1. The Morgan fingerprint density at radius 1 is 0.444 bits per heavy atom. The number of ether oxygens (including phenoxy) is 2. The van der Waals surface area contributed by atoms with Gasteiger partial charge in [-0.1, -0.05) is 214 Å². The first-order valence-electron chi connectivity index (χ1n) is 24.1. The lowest BCUT2D eigenvalue weighted by Crippen LogP contribution is -2.16. The molecule has 0 fully saturated rings. The highest BCUT2D eigenvalue weighted by Gasteiger charge is 2.13. The molecule has 0 radical (unpaired) electrons. The molecule has 0 saturated carbocycles. The van der Waals surface area contributed by atoms with Gasteiger partial charge in [0.05, 0.1) is 12.2 Å². The first-order chi connectivity index (χ1) is 26.5. The molecule has 2 unspecified atom stereocenters. The van der Waals surface area contributed by atoms with Crippen molar-refractivity contribution in [1.82, 2.24) is 0 Å². The number of rotatable bonds is 39. The third-order valence-electron chi connectivity index (χ3n) is 11.1. The van der Waals surface area contributed by atoms with Crippen molar-refractivity contribution >= 4 is 5.97 Å². The lowest BCUT2D eigenvalue weighted by atomic mass is 9.93. The maximum absolute atomic E-state index is 11.2. The van der Waals surface area contributed by atoms with Crippen LogP contribution in [-0.4, -0.2) is 30.9 Å². The van der Waals surface area contributed by atoms with Crippen LogP contribution in [0.3, 0.4) is 0 Å². The largest absolute Gasteiger partial charge is 0.508 e. The third kappa shape index (κ3) is 36.1. The first kappa shape index (κ1) is 52.5. The molecule has 54 heavy (non-hydrogen) atoms. The predicted molar refractivity (Wildman–Crippen MR) is 237 cm³/mol. The van der Waals surface area contributed by atoms with E-state index < -0.39 is 0 Å². The Balaban J connectivity index is 0.00000180. The topological polar surface area (TPSA) is 55.8 Å². The molecule has 1 aromatic rings. The fourth-order valence-corrected chi connectivity index (χ4v) is 7.46. The van der Waals surface area contributed by atoms with Crippen LogP contribution in [0.1, 0.15) is 257 Å². The normalized spacial score (nSPS) is 12.3. The van der Waals surface area contributed by atoms with Gasteiger partial charge in [0.15, 0.2) is 0 Å². The molecule has 0 aliphatic heterocycles. The zero-order valence-corrected chi connectivity index (χ0v) is 37.1. The molecule has 2 atom stereocenters. The Hall–Kier alpha value is -1.55. The summed E-state index contributed by atoms with van der Waals surface area (Å²) in [6, 6.07) is 5.99. The van der Waals surface area contributed by atoms with Crippen molar-refractivity contribution in [3.05, 3.63) is 29.8 Å². The molecule has 0 bridgehead atoms. The quantitative estimate of drug-likeness (QED) is 0.0536. The molecule has 0 spiro atoms. The Morgan fingerprint density at radius 3 is 1.04 bits per heavy atom. The third-order valence-corrected chi connectivity index (χ3v) is 11.1. The van der Waals surface area contributed by atoms with Gasteiger partial charge in [-0.25, -0.2) is 4.79 Å². The lowest BCUT2D eigenvalue weighted by molar-refractivity contribution is 0.0505. The second-order valence-corrected chi connectivity index (χ2v) is 16.6. The fourth-order valence-electron chi connectivity index (χ4n) is 7.46. The minimum absolute atomic E-state index is 0.145.